The number of anilines is 3. The van der Waals surface area contributed by atoms with Gasteiger partial charge in [-0.3, -0.25) is 86.3 Å². The Morgan fingerprint density at radius 2 is 0.465 bits per heavy atom. The summed E-state index contributed by atoms with van der Waals surface area (Å²) in [5.41, 5.74) is 5.24. The molecule has 40 nitrogen and oxygen atoms in total. The first kappa shape index (κ1) is 183. The van der Waals surface area contributed by atoms with Crippen LogP contribution in [0, 0.1) is 6.92 Å². The van der Waals surface area contributed by atoms with Gasteiger partial charge >= 0.3 is 23.9 Å². The Morgan fingerprint density at radius 1 is 0.303 bits per heavy atom. The van der Waals surface area contributed by atoms with E-state index in [1.807, 2.05) is 156 Å². The molecule has 0 saturated heterocycles. The standard InChI is InChI=1S/C57H73N3O11.5C3H7NO.8C2H4O2.3C2H6.6CH4.2Y/c1-33-23-39(29-41(24-33)58-34(2)61)52(66)70-50-44(54(5,6)7)25-37(26-45(50)55(8,9)10)17-19-48(64)68-21-22-69-49(65)20-18-38-27-46(56(11,12)13)51(47(28-38)57(14,15)16)71-53(67)40-30-42(59-35(3)62)32-43(31-40)60-36(4)63;5*1-3(5)4-2;4*1-4-2-3;4*1-2(3)4;3*1-2;;;;;;;;/h23-32H,17-22H2,1-16H3,(H,58,61)(H,59,62)(H,60,63);5*1-2H3,(H,4,5);4*2H,1H3;4*1H3,(H,3,4);3*1-2H3;6*1H4;;. The van der Waals surface area contributed by atoms with Crippen molar-refractivity contribution in [2.75, 3.05) is 92.8 Å². The van der Waals surface area contributed by atoms with Gasteiger partial charge in [-0.1, -0.05) is 193 Å². The predicted molar refractivity (Wildman–Crippen MR) is 555 cm³/mol. The summed E-state index contributed by atoms with van der Waals surface area (Å²) in [4.78, 5) is 209. The molecule has 0 aliphatic heterocycles. The fourth-order valence-corrected chi connectivity index (χ4v) is 7.84. The maximum Gasteiger partial charge on any atom is 0.343 e. The number of hydrogen-bond donors (Lipinski definition) is 12. The van der Waals surface area contributed by atoms with E-state index >= 15 is 0 Å². The van der Waals surface area contributed by atoms with Crippen molar-refractivity contribution >= 4 is 138 Å². The zero-order valence-electron chi connectivity index (χ0n) is 87.7. The third kappa shape index (κ3) is 128. The van der Waals surface area contributed by atoms with E-state index in [4.69, 9.17) is 77.7 Å². The normalized spacial score (nSPS) is 8.54. The second-order valence-electron chi connectivity index (χ2n) is 29.6. The number of amides is 8. The van der Waals surface area contributed by atoms with Gasteiger partial charge in [0, 0.05) is 236 Å². The van der Waals surface area contributed by atoms with Gasteiger partial charge in [-0.15, -0.1) is 0 Å². The quantitative estimate of drug-likeness (QED) is 0.0129. The van der Waals surface area contributed by atoms with Gasteiger partial charge in [0.15, 0.2) is 0 Å². The molecule has 0 aromatic heterocycles. The molecule has 0 unspecified atom stereocenters. The molecule has 0 aliphatic rings. The maximum atomic E-state index is 13.9. The molecule has 0 heterocycles. The van der Waals surface area contributed by atoms with Crippen molar-refractivity contribution in [1.82, 2.24) is 26.6 Å². The molecule has 2 radical (unpaired) electrons. The molecular weight excluding hydrogens is 2000 g/mol. The molecule has 42 heteroatoms. The molecule has 8 amide bonds. The minimum absolute atomic E-state index is 0. The minimum atomic E-state index is -0.833. The molecule has 0 bridgehead atoms. The molecule has 0 spiro atoms. The second kappa shape index (κ2) is 111. The molecule has 142 heavy (non-hydrogen) atoms. The maximum absolute atomic E-state index is 13.9. The van der Waals surface area contributed by atoms with E-state index in [0.717, 1.165) is 66.6 Å². The molecule has 4 rings (SSSR count). The number of benzene rings is 4. The summed E-state index contributed by atoms with van der Waals surface area (Å²) in [6, 6.07) is 17.4. The van der Waals surface area contributed by atoms with Gasteiger partial charge in [-0.2, -0.15) is 0 Å². The van der Waals surface area contributed by atoms with Crippen LogP contribution < -0.4 is 52.0 Å². The van der Waals surface area contributed by atoms with Crippen LogP contribution in [0.1, 0.15) is 325 Å². The number of carboxylic acid groups (broad SMARTS) is 4. The van der Waals surface area contributed by atoms with Crippen molar-refractivity contribution in [1.29, 1.82) is 0 Å². The molecule has 0 saturated carbocycles. The van der Waals surface area contributed by atoms with E-state index in [1.54, 1.807) is 59.5 Å². The van der Waals surface area contributed by atoms with Crippen molar-refractivity contribution in [3.63, 3.8) is 0 Å². The molecular formula is C100H182N8O32Y2. The Kier molecular flexibility index (Phi) is 143. The summed E-state index contributed by atoms with van der Waals surface area (Å²) in [7, 11) is 13.2. The SMILES string of the molecule is C.C.C.C.C.C.CC.CC.CC.CC(=O)Nc1cc(C)cc(C(=O)Oc2c(C(C)(C)C)cc(CCC(=O)OCCOC(=O)CCc3cc(C(C)(C)C)c(OC(=O)c4cc(NC(C)=O)cc(NC(C)=O)c4)c(C(C)(C)C)c3)cc2C(C)(C)C)c1.CC(=O)O.CC(=O)O.CC(=O)O.CC(=O)O.CNC(C)=O.CNC(C)=O.CNC(C)=O.CNC(C)=O.CNC(C)=O.COC=O.COC=O.COC=O.COC=O.[Y].[Y]. The number of carbonyl (C=O) groups excluding carboxylic acids is 16. The largest absolute Gasteiger partial charge is 0.481 e. The van der Waals surface area contributed by atoms with Crippen LogP contribution in [0.15, 0.2) is 60.7 Å². The van der Waals surface area contributed by atoms with Crippen LogP contribution in [0.5, 0.6) is 11.5 Å². The van der Waals surface area contributed by atoms with Gasteiger partial charge in [-0.25, -0.2) is 9.59 Å². The fourth-order valence-electron chi connectivity index (χ4n) is 7.84. The molecule has 4 aromatic carbocycles. The fraction of sp³-hybridized carbons (Fsp3) is 0.560. The summed E-state index contributed by atoms with van der Waals surface area (Å²) in [5.74, 6) is -5.59. The van der Waals surface area contributed by atoms with Crippen molar-refractivity contribution in [2.24, 2.45) is 0 Å². The van der Waals surface area contributed by atoms with Crippen LogP contribution in [0.2, 0.25) is 0 Å². The van der Waals surface area contributed by atoms with Gasteiger partial charge in [0.25, 0.3) is 49.8 Å². The summed E-state index contributed by atoms with van der Waals surface area (Å²) >= 11 is 0. The zero-order valence-corrected chi connectivity index (χ0v) is 93.4. The topological polar surface area (TPSA) is 592 Å². The van der Waals surface area contributed by atoms with Crippen LogP contribution in [-0.4, -0.2) is 218 Å². The summed E-state index contributed by atoms with van der Waals surface area (Å²) in [6.45, 7) is 55.1. The van der Waals surface area contributed by atoms with Crippen molar-refractivity contribution < 1.29 is 220 Å². The molecule has 0 fully saturated rings. The zero-order chi connectivity index (χ0) is 109. The van der Waals surface area contributed by atoms with Crippen LogP contribution in [0.4, 0.5) is 17.1 Å². The number of hydrogen-bond acceptors (Lipinski definition) is 28. The minimum Gasteiger partial charge on any atom is -0.481 e. The number of aliphatic carboxylic acids is 4. The van der Waals surface area contributed by atoms with Crippen molar-refractivity contribution in [3.8, 4) is 11.5 Å². The van der Waals surface area contributed by atoms with Gasteiger partial charge in [-0.05, 0) is 94.5 Å². The third-order valence-corrected chi connectivity index (χ3v) is 13.4. The van der Waals surface area contributed by atoms with Crippen molar-refractivity contribution in [3.05, 3.63) is 111 Å². The van der Waals surface area contributed by atoms with E-state index < -0.39 is 69.4 Å². The van der Waals surface area contributed by atoms with E-state index in [-0.39, 0.29) is 189 Å². The van der Waals surface area contributed by atoms with Crippen LogP contribution in [0.25, 0.3) is 0 Å². The van der Waals surface area contributed by atoms with E-state index in [1.165, 1.54) is 96.0 Å². The molecule has 0 aliphatic carbocycles. The van der Waals surface area contributed by atoms with Crippen LogP contribution in [0.3, 0.4) is 0 Å². The van der Waals surface area contributed by atoms with E-state index in [0.29, 0.717) is 72.9 Å². The first-order valence-corrected chi connectivity index (χ1v) is 41.4. The molecule has 0 atom stereocenters. The Morgan fingerprint density at radius 3 is 0.613 bits per heavy atom. The number of rotatable bonds is 20. The Hall–Kier alpha value is -11.5. The number of ether oxygens (including phenoxy) is 8. The first-order chi connectivity index (χ1) is 61.6. The van der Waals surface area contributed by atoms with E-state index in [9.17, 15) is 57.5 Å². The summed E-state index contributed by atoms with van der Waals surface area (Å²) < 4.78 is 38.8. The van der Waals surface area contributed by atoms with Gasteiger partial charge in [0.2, 0.25) is 47.3 Å². The molecule has 820 valence electrons. The van der Waals surface area contributed by atoms with Crippen LogP contribution in [-0.2, 0) is 215 Å². The number of aryl methyl sites for hydroxylation is 3. The average molecular weight is 2190 g/mol. The average Bonchev–Trinajstić information content (AvgIpc) is 0.773. The van der Waals surface area contributed by atoms with E-state index in [2.05, 4.69) is 61.5 Å². The molecule has 12 N–H and O–H groups in total. The van der Waals surface area contributed by atoms with Crippen molar-refractivity contribution in [2.45, 2.75) is 307 Å². The summed E-state index contributed by atoms with van der Waals surface area (Å²) in [6.07, 6.45) is 0.791. The monoisotopic (exact) mass is 2190 g/mol. The van der Waals surface area contributed by atoms with Gasteiger partial charge < -0.3 is 101 Å². The Bertz CT molecular complexity index is 3850. The Balaban J connectivity index is -0.0000000881. The number of esters is 4. The number of methoxy groups -OCH3 is 4. The molecule has 4 aromatic rings. The predicted octanol–water partition coefficient (Wildman–Crippen LogP) is 16.3. The van der Waals surface area contributed by atoms with Gasteiger partial charge in [0.1, 0.15) is 24.7 Å². The van der Waals surface area contributed by atoms with Crippen LogP contribution >= 0.6 is 0 Å². The number of carboxylic acids is 4. The Labute approximate surface area is 899 Å². The third-order valence-electron chi connectivity index (χ3n) is 13.4. The number of carbonyl (C=O) groups is 20. The smallest absolute Gasteiger partial charge is 0.343 e. The summed E-state index contributed by atoms with van der Waals surface area (Å²) in [5, 5.41) is 49.7. The number of nitrogens with one attached hydrogen (secondary N) is 8. The second-order valence-corrected chi connectivity index (χ2v) is 29.6. The first-order valence-electron chi connectivity index (χ1n) is 41.4. The van der Waals surface area contributed by atoms with Gasteiger partial charge in [0.05, 0.1) is 39.6 Å².